The van der Waals surface area contributed by atoms with Gasteiger partial charge in [-0.05, 0) is 200 Å². The molecule has 17 aromatic carbocycles. The zero-order valence-corrected chi connectivity index (χ0v) is 57.5. The van der Waals surface area contributed by atoms with Gasteiger partial charge in [-0.1, -0.05) is 347 Å². The quantitative estimate of drug-likeness (QED) is 0.101. The number of fused-ring (bicyclic) bond motifs is 5. The molecule has 0 aliphatic heterocycles. The summed E-state index contributed by atoms with van der Waals surface area (Å²) in [7, 11) is 0. The lowest BCUT2D eigenvalue weighted by Crippen LogP contribution is -2.16. The molecule has 0 aromatic heterocycles. The molecule has 0 N–H and O–H groups in total. The van der Waals surface area contributed by atoms with Crippen LogP contribution in [-0.2, 0) is 5.41 Å². The Hall–Kier alpha value is -13.1. The van der Waals surface area contributed by atoms with E-state index in [4.69, 9.17) is 0 Å². The maximum absolute atomic E-state index is 2.46. The second-order valence-electron chi connectivity index (χ2n) is 27.5. The molecular formula is C101H72N2. The highest BCUT2D eigenvalue weighted by molar-refractivity contribution is 6.06. The fourth-order valence-electron chi connectivity index (χ4n) is 16.1. The van der Waals surface area contributed by atoms with Crippen LogP contribution in [0.3, 0.4) is 0 Å². The third-order valence-electron chi connectivity index (χ3n) is 21.1. The first kappa shape index (κ1) is 62.1. The number of anilines is 6. The highest BCUT2D eigenvalue weighted by atomic mass is 15.2. The summed E-state index contributed by atoms with van der Waals surface area (Å²) in [6.45, 7) is 4.81. The lowest BCUT2D eigenvalue weighted by atomic mass is 9.78. The highest BCUT2D eigenvalue weighted by Crippen LogP contribution is 2.54. The molecule has 0 fully saturated rings. The first-order chi connectivity index (χ1) is 50.8. The van der Waals surface area contributed by atoms with Gasteiger partial charge in [-0.2, -0.15) is 0 Å². The summed E-state index contributed by atoms with van der Waals surface area (Å²) in [6.07, 6.45) is 0. The van der Waals surface area contributed by atoms with E-state index in [1.807, 2.05) is 0 Å². The summed E-state index contributed by atoms with van der Waals surface area (Å²) >= 11 is 0. The number of rotatable bonds is 15. The Morgan fingerprint density at radius 3 is 1.01 bits per heavy atom. The minimum absolute atomic E-state index is 0.274. The third kappa shape index (κ3) is 11.6. The van der Waals surface area contributed by atoms with Crippen molar-refractivity contribution in [2.45, 2.75) is 19.3 Å². The van der Waals surface area contributed by atoms with E-state index in [0.717, 1.165) is 61.9 Å². The average Bonchev–Trinajstić information content (AvgIpc) is 1.59. The van der Waals surface area contributed by atoms with Gasteiger partial charge in [0.2, 0.25) is 0 Å². The minimum atomic E-state index is -0.274. The van der Waals surface area contributed by atoms with Crippen molar-refractivity contribution in [3.05, 3.63) is 412 Å². The Labute approximate surface area is 603 Å². The summed E-state index contributed by atoms with van der Waals surface area (Å²) in [5.41, 5.74) is 32.8. The number of para-hydroxylation sites is 2. The maximum atomic E-state index is 2.46. The summed E-state index contributed by atoms with van der Waals surface area (Å²) < 4.78 is 0. The van der Waals surface area contributed by atoms with E-state index in [1.54, 1.807) is 0 Å². The number of nitrogens with zero attached hydrogens (tertiary/aromatic N) is 2. The van der Waals surface area contributed by atoms with Crippen molar-refractivity contribution in [3.63, 3.8) is 0 Å². The first-order valence-corrected chi connectivity index (χ1v) is 35.7. The van der Waals surface area contributed by atoms with Gasteiger partial charge >= 0.3 is 0 Å². The highest BCUT2D eigenvalue weighted by Gasteiger charge is 2.38. The maximum Gasteiger partial charge on any atom is 0.0540 e. The molecule has 0 saturated carbocycles. The first-order valence-electron chi connectivity index (χ1n) is 35.7. The van der Waals surface area contributed by atoms with Gasteiger partial charge in [-0.3, -0.25) is 0 Å². The van der Waals surface area contributed by atoms with E-state index in [9.17, 15) is 0 Å². The molecule has 0 spiro atoms. The normalized spacial score (nSPS) is 12.1. The summed E-state index contributed by atoms with van der Waals surface area (Å²) in [6, 6.07) is 147. The number of hydrogen-bond donors (Lipinski definition) is 0. The SMILES string of the molecule is CC1(C)c2ccc(-c3cccc4c(-c5cccc(N(c6ccc(-c7ccccc7)cc6)c6ccccc6-c6ccc(-c7ccccc7)cc6)c5)cccc34)cc2-c2cccc(-c3ccc(N(c4cccc(-c5cccc6ccccc56)c4)c4ccccc4-c4ccc(-c5ccccc5)cc4)cc3)c21. The van der Waals surface area contributed by atoms with Crippen molar-refractivity contribution in [1.29, 1.82) is 0 Å². The van der Waals surface area contributed by atoms with E-state index in [1.165, 1.54) is 116 Å². The standard InChI is InChI=1S/C101H72N2/c1-101(2)97-65-60-81(89-41-22-43-93-88(40-21-44-94(89)93)80-33-19-35-85(67-80)102(82-61-56-74(57-62-82)71-28-10-5-11-29-71)98-46-16-14-37-90(98)76-52-48-72(49-53-76)69-24-6-3-7-25-69)68-96(97)95-45-23-42-92(100(95)101)78-58-63-83(64-59-78)103(84-34-18-32-79(66-84)87-39-20-31-75-30-12-13-36-86(75)87)99-47-17-15-38-91(99)77-54-50-73(51-55-77)70-26-8-4-9-27-70/h3-68H,1-2H3. The van der Waals surface area contributed by atoms with Crippen LogP contribution < -0.4 is 9.80 Å². The molecule has 17 aromatic rings. The molecular weight excluding hydrogens is 1240 g/mol. The smallest absolute Gasteiger partial charge is 0.0540 e. The monoisotopic (exact) mass is 1310 g/mol. The topological polar surface area (TPSA) is 6.48 Å². The van der Waals surface area contributed by atoms with Crippen LogP contribution in [0.4, 0.5) is 34.1 Å². The fourth-order valence-corrected chi connectivity index (χ4v) is 16.1. The molecule has 486 valence electrons. The molecule has 0 heterocycles. The van der Waals surface area contributed by atoms with E-state index in [-0.39, 0.29) is 5.41 Å². The Morgan fingerprint density at radius 1 is 0.184 bits per heavy atom. The Kier molecular flexibility index (Phi) is 16.0. The zero-order chi connectivity index (χ0) is 68.8. The van der Waals surface area contributed by atoms with Crippen LogP contribution in [0, 0.1) is 0 Å². The average molecular weight is 1310 g/mol. The zero-order valence-electron chi connectivity index (χ0n) is 57.5. The molecule has 2 nitrogen and oxygen atoms in total. The van der Waals surface area contributed by atoms with Gasteiger partial charge in [0.05, 0.1) is 11.4 Å². The van der Waals surface area contributed by atoms with Crippen molar-refractivity contribution in [2.24, 2.45) is 0 Å². The van der Waals surface area contributed by atoms with E-state index >= 15 is 0 Å². The molecule has 1 aliphatic carbocycles. The lowest BCUT2D eigenvalue weighted by Gasteiger charge is -2.29. The van der Waals surface area contributed by atoms with Crippen LogP contribution >= 0.6 is 0 Å². The third-order valence-corrected chi connectivity index (χ3v) is 21.1. The lowest BCUT2D eigenvalue weighted by molar-refractivity contribution is 0.662. The summed E-state index contributed by atoms with van der Waals surface area (Å²) in [4.78, 5) is 4.87. The Balaban J connectivity index is 0.692. The van der Waals surface area contributed by atoms with Crippen LogP contribution in [0.25, 0.3) is 133 Å². The van der Waals surface area contributed by atoms with Crippen LogP contribution in [0.1, 0.15) is 25.0 Å². The molecule has 103 heavy (non-hydrogen) atoms. The second-order valence-corrected chi connectivity index (χ2v) is 27.5. The van der Waals surface area contributed by atoms with Crippen molar-refractivity contribution in [1.82, 2.24) is 0 Å². The molecule has 0 unspecified atom stereocenters. The number of hydrogen-bond acceptors (Lipinski definition) is 2. The van der Waals surface area contributed by atoms with Gasteiger partial charge in [-0.15, -0.1) is 0 Å². The molecule has 2 heteroatoms. The minimum Gasteiger partial charge on any atom is -0.310 e. The van der Waals surface area contributed by atoms with E-state index < -0.39 is 0 Å². The Morgan fingerprint density at radius 2 is 0.495 bits per heavy atom. The number of benzene rings is 17. The molecule has 1 aliphatic rings. The van der Waals surface area contributed by atoms with Crippen molar-refractivity contribution in [3.8, 4) is 111 Å². The summed E-state index contributed by atoms with van der Waals surface area (Å²) in [5.74, 6) is 0. The van der Waals surface area contributed by atoms with Gasteiger partial charge in [-0.25, -0.2) is 0 Å². The molecule has 0 radical (unpaired) electrons. The van der Waals surface area contributed by atoms with Crippen LogP contribution in [0.2, 0.25) is 0 Å². The molecule has 0 saturated heterocycles. The van der Waals surface area contributed by atoms with Gasteiger partial charge < -0.3 is 9.80 Å². The predicted molar refractivity (Wildman–Crippen MR) is 437 cm³/mol. The molecule has 0 atom stereocenters. The van der Waals surface area contributed by atoms with Crippen molar-refractivity contribution >= 4 is 55.7 Å². The van der Waals surface area contributed by atoms with Crippen LogP contribution in [-0.4, -0.2) is 0 Å². The largest absolute Gasteiger partial charge is 0.310 e. The van der Waals surface area contributed by atoms with Gasteiger partial charge in [0.25, 0.3) is 0 Å². The molecule has 18 rings (SSSR count). The van der Waals surface area contributed by atoms with Crippen molar-refractivity contribution in [2.75, 3.05) is 9.80 Å². The van der Waals surface area contributed by atoms with Crippen molar-refractivity contribution < 1.29 is 0 Å². The van der Waals surface area contributed by atoms with Gasteiger partial charge in [0.15, 0.2) is 0 Å². The van der Waals surface area contributed by atoms with Gasteiger partial charge in [0, 0.05) is 39.3 Å². The second kappa shape index (κ2) is 26.5. The van der Waals surface area contributed by atoms with Crippen LogP contribution in [0.5, 0.6) is 0 Å². The van der Waals surface area contributed by atoms with Gasteiger partial charge in [0.1, 0.15) is 0 Å². The van der Waals surface area contributed by atoms with Crippen LogP contribution in [0.15, 0.2) is 400 Å². The van der Waals surface area contributed by atoms with E-state index in [0.29, 0.717) is 0 Å². The predicted octanol–water partition coefficient (Wildman–Crippen LogP) is 28.2. The molecule has 0 amide bonds. The molecule has 0 bridgehead atoms. The van der Waals surface area contributed by atoms with E-state index in [2.05, 4.69) is 424 Å². The fraction of sp³-hybridized carbons (Fsp3) is 0.0297. The Bertz CT molecular complexity index is 5970. The summed E-state index contributed by atoms with van der Waals surface area (Å²) in [5, 5.41) is 4.89.